The van der Waals surface area contributed by atoms with Gasteiger partial charge in [-0.1, -0.05) is 12.1 Å². The number of carbonyl (C=O) groups is 1. The smallest absolute Gasteiger partial charge is 0.243 e. The van der Waals surface area contributed by atoms with Crippen molar-refractivity contribution in [1.82, 2.24) is 9.21 Å². The SMILES string of the molecule is CCOc1ccccc1N1CCN([C@@H](C)C(=O)Nc2ccc(S(=O)(=O)N3CCCC3)cc2)CC1. The molecule has 0 aromatic heterocycles. The molecule has 2 aliphatic rings. The van der Waals surface area contributed by atoms with Crippen LogP contribution in [0.25, 0.3) is 0 Å². The van der Waals surface area contributed by atoms with E-state index in [2.05, 4.69) is 21.2 Å². The first kappa shape index (κ1) is 24.5. The first-order valence-electron chi connectivity index (χ1n) is 12.0. The van der Waals surface area contributed by atoms with Gasteiger partial charge in [-0.15, -0.1) is 0 Å². The summed E-state index contributed by atoms with van der Waals surface area (Å²) in [5, 5.41) is 2.93. The molecule has 34 heavy (non-hydrogen) atoms. The van der Waals surface area contributed by atoms with E-state index in [0.29, 0.717) is 25.4 Å². The van der Waals surface area contributed by atoms with Crippen LogP contribution in [0.4, 0.5) is 11.4 Å². The fourth-order valence-electron chi connectivity index (χ4n) is 4.55. The van der Waals surface area contributed by atoms with Gasteiger partial charge in [-0.05, 0) is 63.1 Å². The summed E-state index contributed by atoms with van der Waals surface area (Å²) in [5.41, 5.74) is 1.69. The number of rotatable bonds is 8. The summed E-state index contributed by atoms with van der Waals surface area (Å²) in [4.78, 5) is 17.6. The average Bonchev–Trinajstić information content (AvgIpc) is 3.41. The van der Waals surface area contributed by atoms with Crippen LogP contribution in [0.15, 0.2) is 53.4 Å². The molecule has 2 aromatic rings. The molecule has 1 amide bonds. The first-order valence-corrected chi connectivity index (χ1v) is 13.5. The van der Waals surface area contributed by atoms with Crippen molar-refractivity contribution in [1.29, 1.82) is 0 Å². The van der Waals surface area contributed by atoms with Gasteiger partial charge in [-0.25, -0.2) is 8.42 Å². The monoisotopic (exact) mass is 486 g/mol. The Morgan fingerprint density at radius 2 is 1.62 bits per heavy atom. The van der Waals surface area contributed by atoms with Crippen molar-refractivity contribution in [3.63, 3.8) is 0 Å². The number of benzene rings is 2. The van der Waals surface area contributed by atoms with Gasteiger partial charge in [0.15, 0.2) is 0 Å². The van der Waals surface area contributed by atoms with Crippen molar-refractivity contribution >= 4 is 27.3 Å². The van der Waals surface area contributed by atoms with Crippen molar-refractivity contribution in [2.75, 3.05) is 56.1 Å². The lowest BCUT2D eigenvalue weighted by Gasteiger charge is -2.39. The van der Waals surface area contributed by atoms with Crippen molar-refractivity contribution in [3.8, 4) is 5.75 Å². The van der Waals surface area contributed by atoms with Crippen LogP contribution >= 0.6 is 0 Å². The molecule has 0 spiro atoms. The molecule has 2 saturated heterocycles. The Balaban J connectivity index is 1.32. The highest BCUT2D eigenvalue weighted by atomic mass is 32.2. The van der Waals surface area contributed by atoms with E-state index in [-0.39, 0.29) is 16.8 Å². The maximum Gasteiger partial charge on any atom is 0.243 e. The zero-order valence-electron chi connectivity index (χ0n) is 19.9. The van der Waals surface area contributed by atoms with Crippen LogP contribution in [-0.4, -0.2) is 75.4 Å². The maximum atomic E-state index is 12.9. The number of hydrogen-bond donors (Lipinski definition) is 1. The highest BCUT2D eigenvalue weighted by molar-refractivity contribution is 7.89. The molecular weight excluding hydrogens is 452 g/mol. The van der Waals surface area contributed by atoms with Crippen molar-refractivity contribution in [2.24, 2.45) is 0 Å². The lowest BCUT2D eigenvalue weighted by atomic mass is 10.2. The zero-order chi connectivity index (χ0) is 24.1. The van der Waals surface area contributed by atoms with Gasteiger partial charge < -0.3 is 15.0 Å². The molecular formula is C25H34N4O4S. The molecule has 0 bridgehead atoms. The molecule has 9 heteroatoms. The van der Waals surface area contributed by atoms with Gasteiger partial charge in [0.2, 0.25) is 15.9 Å². The second-order valence-corrected chi connectivity index (χ2v) is 10.7. The Hall–Kier alpha value is -2.62. The predicted molar refractivity (Wildman–Crippen MR) is 134 cm³/mol. The van der Waals surface area contributed by atoms with Gasteiger partial charge in [0.25, 0.3) is 0 Å². The number of sulfonamides is 1. The molecule has 2 fully saturated rings. The van der Waals surface area contributed by atoms with E-state index in [0.717, 1.165) is 50.5 Å². The summed E-state index contributed by atoms with van der Waals surface area (Å²) >= 11 is 0. The second kappa shape index (κ2) is 10.8. The van der Waals surface area contributed by atoms with E-state index >= 15 is 0 Å². The molecule has 1 atom stereocenters. The third kappa shape index (κ3) is 5.37. The van der Waals surface area contributed by atoms with Gasteiger partial charge in [-0.2, -0.15) is 4.31 Å². The molecule has 1 N–H and O–H groups in total. The third-order valence-corrected chi connectivity index (χ3v) is 8.48. The fourth-order valence-corrected chi connectivity index (χ4v) is 6.06. The average molecular weight is 487 g/mol. The first-order chi connectivity index (χ1) is 16.4. The number of para-hydroxylation sites is 2. The van der Waals surface area contributed by atoms with Crippen molar-refractivity contribution in [3.05, 3.63) is 48.5 Å². The molecule has 2 aromatic carbocycles. The maximum absolute atomic E-state index is 12.9. The molecule has 8 nitrogen and oxygen atoms in total. The summed E-state index contributed by atoms with van der Waals surface area (Å²) in [6.45, 7) is 8.81. The number of ether oxygens (including phenoxy) is 1. The summed E-state index contributed by atoms with van der Waals surface area (Å²) < 4.78 is 32.7. The van der Waals surface area contributed by atoms with Gasteiger partial charge >= 0.3 is 0 Å². The number of nitrogens with zero attached hydrogens (tertiary/aromatic N) is 3. The van der Waals surface area contributed by atoms with Crippen LogP contribution in [0, 0.1) is 0 Å². The fraction of sp³-hybridized carbons (Fsp3) is 0.480. The number of amides is 1. The summed E-state index contributed by atoms with van der Waals surface area (Å²) in [6.07, 6.45) is 1.80. The highest BCUT2D eigenvalue weighted by Crippen LogP contribution is 2.29. The standard InChI is InChI=1S/C25H34N4O4S/c1-3-33-24-9-5-4-8-23(24)28-18-16-27(17-19-28)20(2)25(30)26-21-10-12-22(13-11-21)34(31,32)29-14-6-7-15-29/h4-5,8-13,20H,3,6-7,14-19H2,1-2H3,(H,26,30)/t20-/m0/s1. The molecule has 0 unspecified atom stereocenters. The zero-order valence-corrected chi connectivity index (χ0v) is 20.8. The Morgan fingerprint density at radius 3 is 2.26 bits per heavy atom. The number of piperazine rings is 1. The number of hydrogen-bond acceptors (Lipinski definition) is 6. The van der Waals surface area contributed by atoms with Crippen LogP contribution in [0.3, 0.4) is 0 Å². The van der Waals surface area contributed by atoms with Crippen molar-refractivity contribution < 1.29 is 17.9 Å². The van der Waals surface area contributed by atoms with E-state index < -0.39 is 10.0 Å². The van der Waals surface area contributed by atoms with E-state index in [1.54, 1.807) is 24.3 Å². The van der Waals surface area contributed by atoms with Crippen molar-refractivity contribution in [2.45, 2.75) is 37.6 Å². The molecule has 4 rings (SSSR count). The minimum atomic E-state index is -3.45. The predicted octanol–water partition coefficient (Wildman–Crippen LogP) is 3.02. The topological polar surface area (TPSA) is 82.2 Å². The number of anilines is 2. The summed E-state index contributed by atoms with van der Waals surface area (Å²) in [6, 6.07) is 14.2. The van der Waals surface area contributed by atoms with Crippen LogP contribution in [-0.2, 0) is 14.8 Å². The van der Waals surface area contributed by atoms with Crippen LogP contribution < -0.4 is 15.0 Å². The quantitative estimate of drug-likeness (QED) is 0.618. The van der Waals surface area contributed by atoms with Gasteiger partial charge in [0.05, 0.1) is 23.2 Å². The Labute approximate surface area is 202 Å². The molecule has 0 aliphatic carbocycles. The lowest BCUT2D eigenvalue weighted by Crippen LogP contribution is -2.52. The van der Waals surface area contributed by atoms with Crippen LogP contribution in [0.5, 0.6) is 5.75 Å². The van der Waals surface area contributed by atoms with E-state index in [1.807, 2.05) is 32.0 Å². The third-order valence-electron chi connectivity index (χ3n) is 6.57. The molecule has 2 heterocycles. The van der Waals surface area contributed by atoms with E-state index in [1.165, 1.54) is 4.31 Å². The Bertz CT molecular complexity index is 1080. The van der Waals surface area contributed by atoms with Crippen LogP contribution in [0.1, 0.15) is 26.7 Å². The van der Waals surface area contributed by atoms with E-state index in [9.17, 15) is 13.2 Å². The minimum Gasteiger partial charge on any atom is -0.492 e. The highest BCUT2D eigenvalue weighted by Gasteiger charge is 2.28. The second-order valence-electron chi connectivity index (χ2n) is 8.72. The molecule has 0 radical (unpaired) electrons. The summed E-state index contributed by atoms with van der Waals surface area (Å²) in [7, 11) is -3.45. The van der Waals surface area contributed by atoms with Gasteiger partial charge in [0.1, 0.15) is 5.75 Å². The normalized spacial score (nSPS) is 18.6. The Kier molecular flexibility index (Phi) is 7.75. The van der Waals surface area contributed by atoms with E-state index in [4.69, 9.17) is 4.74 Å². The van der Waals surface area contributed by atoms with Gasteiger partial charge in [0, 0.05) is 45.0 Å². The van der Waals surface area contributed by atoms with Gasteiger partial charge in [-0.3, -0.25) is 9.69 Å². The molecule has 0 saturated carbocycles. The molecule has 184 valence electrons. The minimum absolute atomic E-state index is 0.0988. The number of nitrogens with one attached hydrogen (secondary N) is 1. The Morgan fingerprint density at radius 1 is 0.971 bits per heavy atom. The lowest BCUT2D eigenvalue weighted by molar-refractivity contribution is -0.120. The molecule has 2 aliphatic heterocycles. The summed E-state index contributed by atoms with van der Waals surface area (Å²) in [5.74, 6) is 0.790. The largest absolute Gasteiger partial charge is 0.492 e. The van der Waals surface area contributed by atoms with Crippen LogP contribution in [0.2, 0.25) is 0 Å². The number of carbonyl (C=O) groups excluding carboxylic acids is 1.